The molecule has 0 rings (SSSR count). The first-order valence-electron chi connectivity index (χ1n) is 1.59. The molecule has 0 spiro atoms. The van der Waals surface area contributed by atoms with Gasteiger partial charge in [-0.15, -0.1) is 0 Å². The monoisotopic (exact) mass is 186 g/mol. The van der Waals surface area contributed by atoms with Gasteiger partial charge in [-0.2, -0.15) is 0 Å². The van der Waals surface area contributed by atoms with E-state index in [0.717, 1.165) is 0 Å². The minimum Gasteiger partial charge on any atom is -0.428 e. The number of hydrogen-bond donors (Lipinski definition) is 1. The molecule has 0 bridgehead atoms. The first kappa shape index (κ1) is 6.09. The predicted molar refractivity (Wildman–Crippen MR) is 36.8 cm³/mol. The second-order valence-electron chi connectivity index (χ2n) is 0.843. The number of rotatable bonds is 1. The average molecular weight is 187 g/mol. The van der Waals surface area contributed by atoms with Crippen LogP contribution in [0, 0.1) is 0 Å². The van der Waals surface area contributed by atoms with Crippen molar-refractivity contribution in [2.24, 2.45) is 0 Å². The summed E-state index contributed by atoms with van der Waals surface area (Å²) in [7, 11) is 0.239. The van der Waals surface area contributed by atoms with Gasteiger partial charge >= 0.3 is 0 Å². The number of halogens is 1. The van der Waals surface area contributed by atoms with E-state index in [-0.39, 0.29) is 8.55 Å². The highest BCUT2D eigenvalue weighted by Gasteiger charge is 1.90. The molecule has 0 aromatic heterocycles. The average Bonchev–Trinajstić information content (AvgIpc) is 1.38. The zero-order valence-corrected chi connectivity index (χ0v) is 9.26. The molecule has 0 saturated carbocycles. The number of hydrogen-bond acceptors (Lipinski definition) is 1. The Morgan fingerprint density at radius 2 is 2.20 bits per heavy atom. The normalized spacial score (nSPS) is 18.0. The van der Waals surface area contributed by atoms with Gasteiger partial charge in [0.15, 0.2) is 0 Å². The quantitative estimate of drug-likeness (QED) is 0.356. The lowest BCUT2D eigenvalue weighted by Gasteiger charge is -1.83. The fourth-order valence-corrected chi connectivity index (χ4v) is 0. The van der Waals surface area contributed by atoms with Gasteiger partial charge in [0.05, 0.1) is 0 Å². The second kappa shape index (κ2) is 3.29. The van der Waals surface area contributed by atoms with Crippen LogP contribution in [0.3, 0.4) is 0 Å². The first-order chi connectivity index (χ1) is 2.27. The highest BCUT2D eigenvalue weighted by Crippen LogP contribution is 1.77. The van der Waals surface area contributed by atoms with Crippen LogP contribution in [0.5, 0.6) is 0 Å². The van der Waals surface area contributed by atoms with E-state index in [1.807, 2.05) is 0 Å². The van der Waals surface area contributed by atoms with E-state index in [9.17, 15) is 0 Å². The molecule has 0 aliphatic carbocycles. The van der Waals surface area contributed by atoms with Crippen LogP contribution in [0.2, 0.25) is 0 Å². The molecule has 0 aliphatic heterocycles. The van der Waals surface area contributed by atoms with Crippen LogP contribution in [0.1, 0.15) is 0 Å². The van der Waals surface area contributed by atoms with E-state index in [2.05, 4.69) is 15.3 Å². The largest absolute Gasteiger partial charge is 0.428 e. The molecule has 0 aliphatic rings. The maximum atomic E-state index is 8.51. The molecular weight excluding hydrogens is 180 g/mol. The van der Waals surface area contributed by atoms with Crippen molar-refractivity contribution in [1.82, 2.24) is 0 Å². The molecule has 5 heavy (non-hydrogen) atoms. The molecule has 1 unspecified atom stereocenters. The molecule has 32 valence electrons. The Morgan fingerprint density at radius 3 is 2.20 bits per heavy atom. The van der Waals surface area contributed by atoms with Gasteiger partial charge in [0.2, 0.25) is 7.18 Å². The van der Waals surface area contributed by atoms with Gasteiger partial charge < -0.3 is 4.80 Å². The van der Waals surface area contributed by atoms with E-state index in [1.165, 1.54) is 9.76 Å². The molecule has 1 atom stereocenters. The van der Waals surface area contributed by atoms with Crippen LogP contribution in [0.25, 0.3) is 0 Å². The van der Waals surface area contributed by atoms with Gasteiger partial charge in [0.25, 0.3) is 0 Å². The van der Waals surface area contributed by atoms with Gasteiger partial charge in [-0.3, -0.25) is 0 Å². The van der Waals surface area contributed by atoms with Crippen LogP contribution >= 0.6 is 15.3 Å². The summed E-state index contributed by atoms with van der Waals surface area (Å²) in [6.45, 7) is 0. The van der Waals surface area contributed by atoms with Gasteiger partial charge in [0.1, 0.15) is 0 Å². The third kappa shape index (κ3) is 5.09. The van der Waals surface area contributed by atoms with Crippen molar-refractivity contribution in [2.75, 3.05) is 0 Å². The molecule has 0 fully saturated rings. The van der Waals surface area contributed by atoms with Crippen molar-refractivity contribution < 1.29 is 4.80 Å². The van der Waals surface area contributed by atoms with Gasteiger partial charge in [-0.1, -0.05) is 15.3 Å². The topological polar surface area (TPSA) is 20.2 Å². The molecule has 0 amide bonds. The van der Waals surface area contributed by atoms with Crippen LogP contribution < -0.4 is 0 Å². The summed E-state index contributed by atoms with van der Waals surface area (Å²) < 4.78 is 0. The van der Waals surface area contributed by atoms with Crippen LogP contribution in [-0.2, 0) is 0 Å². The SMILES string of the molecule is O[SiH](Br)[SiH2][SiH3]. The van der Waals surface area contributed by atoms with E-state index >= 15 is 0 Å². The lowest BCUT2D eigenvalue weighted by molar-refractivity contribution is 0.616. The molecular formula is H7BrOSi3. The Labute approximate surface area is 45.9 Å². The van der Waals surface area contributed by atoms with E-state index in [4.69, 9.17) is 4.80 Å². The minimum absolute atomic E-state index is 0.0988. The zero-order valence-electron chi connectivity index (χ0n) is 3.11. The van der Waals surface area contributed by atoms with Crippen LogP contribution in [0.4, 0.5) is 0 Å². The van der Waals surface area contributed by atoms with Gasteiger partial charge in [-0.05, 0) is 9.76 Å². The van der Waals surface area contributed by atoms with Crippen molar-refractivity contribution in [2.45, 2.75) is 0 Å². The molecule has 0 radical (unpaired) electrons. The Hall–Kier alpha value is 1.09. The summed E-state index contributed by atoms with van der Waals surface area (Å²) in [5, 5.41) is 0. The van der Waals surface area contributed by atoms with Crippen molar-refractivity contribution in [3.8, 4) is 0 Å². The fraction of sp³-hybridized carbons (Fsp3) is 0. The van der Waals surface area contributed by atoms with E-state index in [1.54, 1.807) is 0 Å². The third-order valence-corrected chi connectivity index (χ3v) is 26.6. The molecule has 0 saturated heterocycles. The lowest BCUT2D eigenvalue weighted by atomic mass is 15.9. The summed E-state index contributed by atoms with van der Waals surface area (Å²) in [6.07, 6.45) is 0. The van der Waals surface area contributed by atoms with E-state index < -0.39 is 7.18 Å². The first-order valence-corrected chi connectivity index (χ1v) is 14.2. The maximum absolute atomic E-state index is 8.51. The molecule has 5 heteroatoms. The Kier molecular flexibility index (Phi) is 4.00. The third-order valence-electron chi connectivity index (χ3n) is 0.337. The summed E-state index contributed by atoms with van der Waals surface area (Å²) >= 11 is 3.16. The maximum Gasteiger partial charge on any atom is 0.218 e. The van der Waals surface area contributed by atoms with Gasteiger partial charge in [-0.25, -0.2) is 0 Å². The van der Waals surface area contributed by atoms with Crippen LogP contribution in [-0.4, -0.2) is 30.3 Å². The summed E-state index contributed by atoms with van der Waals surface area (Å²) in [5.74, 6) is 0. The Bertz CT molecular complexity index is 20.9. The standard InChI is InChI=1S/BrH7OSi3/c1-5(2)4-3/h2,5H,4H2,3H3. The minimum atomic E-state index is -1.14. The lowest BCUT2D eigenvalue weighted by Crippen LogP contribution is -2.12. The van der Waals surface area contributed by atoms with Crippen molar-refractivity contribution in [3.05, 3.63) is 0 Å². The predicted octanol–water partition coefficient (Wildman–Crippen LogP) is -2.46. The molecule has 0 aromatic rings. The summed E-state index contributed by atoms with van der Waals surface area (Å²) in [6, 6.07) is 0. The Morgan fingerprint density at radius 1 is 2.00 bits per heavy atom. The van der Waals surface area contributed by atoms with Crippen molar-refractivity contribution in [3.63, 3.8) is 0 Å². The summed E-state index contributed by atoms with van der Waals surface area (Å²) in [4.78, 5) is 8.51. The van der Waals surface area contributed by atoms with Gasteiger partial charge in [0, 0.05) is 8.55 Å². The summed E-state index contributed by atoms with van der Waals surface area (Å²) in [5.41, 5.74) is 0. The molecule has 0 aromatic carbocycles. The zero-order chi connectivity index (χ0) is 4.28. The second-order valence-corrected chi connectivity index (χ2v) is 21.4. The molecule has 1 nitrogen and oxygen atoms in total. The van der Waals surface area contributed by atoms with Crippen LogP contribution in [0.15, 0.2) is 0 Å². The van der Waals surface area contributed by atoms with Crippen molar-refractivity contribution in [1.29, 1.82) is 0 Å². The molecule has 1 N–H and O–H groups in total. The fourth-order valence-electron chi connectivity index (χ4n) is 0. The highest BCUT2D eigenvalue weighted by atomic mass is 79.9. The molecule has 0 heterocycles. The smallest absolute Gasteiger partial charge is 0.218 e. The Balaban J connectivity index is 2.54. The van der Waals surface area contributed by atoms with E-state index in [0.29, 0.717) is 0 Å². The highest BCUT2D eigenvalue weighted by molar-refractivity contribution is 9.25. The van der Waals surface area contributed by atoms with Crippen molar-refractivity contribution >= 4 is 40.8 Å².